The molecule has 0 saturated carbocycles. The quantitative estimate of drug-likeness (QED) is 0.840. The van der Waals surface area contributed by atoms with Crippen LogP contribution in [0, 0.1) is 0 Å². The molecule has 2 saturated heterocycles. The summed E-state index contributed by atoms with van der Waals surface area (Å²) in [6.07, 6.45) is 0. The number of carbonyl (C=O) groups excluding carboxylic acids is 1. The summed E-state index contributed by atoms with van der Waals surface area (Å²) in [6, 6.07) is 8.26. The van der Waals surface area contributed by atoms with Crippen LogP contribution in [0.5, 0.6) is 0 Å². The zero-order chi connectivity index (χ0) is 13.1. The van der Waals surface area contributed by atoms with E-state index in [1.54, 1.807) is 4.90 Å². The van der Waals surface area contributed by atoms with E-state index < -0.39 is 0 Å². The van der Waals surface area contributed by atoms with Crippen LogP contribution < -0.4 is 15.1 Å². The lowest BCUT2D eigenvalue weighted by atomic mass is 10.2. The molecule has 0 spiro atoms. The fourth-order valence-electron chi connectivity index (χ4n) is 2.56. The maximum Gasteiger partial charge on any atom is 0.253 e. The summed E-state index contributed by atoms with van der Waals surface area (Å²) in [7, 11) is 0. The molecule has 2 aliphatic rings. The van der Waals surface area contributed by atoms with Crippen molar-refractivity contribution in [2.45, 2.75) is 0 Å². The van der Waals surface area contributed by atoms with Gasteiger partial charge in [0.05, 0.1) is 6.61 Å². The molecular weight excluding hydrogens is 242 g/mol. The molecule has 0 radical (unpaired) electrons. The minimum Gasteiger partial charge on any atom is -0.370 e. The van der Waals surface area contributed by atoms with Gasteiger partial charge in [-0.25, -0.2) is 0 Å². The van der Waals surface area contributed by atoms with Gasteiger partial charge < -0.3 is 19.9 Å². The van der Waals surface area contributed by atoms with E-state index in [9.17, 15) is 4.79 Å². The van der Waals surface area contributed by atoms with E-state index in [0.29, 0.717) is 13.2 Å². The van der Waals surface area contributed by atoms with Gasteiger partial charge >= 0.3 is 0 Å². The minimum absolute atomic E-state index is 0.0428. The van der Waals surface area contributed by atoms with Crippen LogP contribution in [0.4, 0.5) is 11.4 Å². The molecule has 0 aromatic heterocycles. The molecule has 2 heterocycles. The Kier molecular flexibility index (Phi) is 3.66. The first kappa shape index (κ1) is 12.4. The predicted octanol–water partition coefficient (Wildman–Crippen LogP) is 0.459. The van der Waals surface area contributed by atoms with Crippen molar-refractivity contribution in [2.24, 2.45) is 0 Å². The number of carbonyl (C=O) groups is 1. The van der Waals surface area contributed by atoms with E-state index in [0.717, 1.165) is 31.9 Å². The molecule has 102 valence electrons. The highest BCUT2D eigenvalue weighted by atomic mass is 16.5. The lowest BCUT2D eigenvalue weighted by Gasteiger charge is -2.30. The third-order valence-electron chi connectivity index (χ3n) is 3.63. The summed E-state index contributed by atoms with van der Waals surface area (Å²) < 4.78 is 5.15. The van der Waals surface area contributed by atoms with Gasteiger partial charge in [-0.2, -0.15) is 0 Å². The summed E-state index contributed by atoms with van der Waals surface area (Å²) in [4.78, 5) is 15.9. The summed E-state index contributed by atoms with van der Waals surface area (Å²) in [6.45, 7) is 5.59. The summed E-state index contributed by atoms with van der Waals surface area (Å²) >= 11 is 0. The molecule has 1 aromatic rings. The Morgan fingerprint density at radius 2 is 1.68 bits per heavy atom. The Morgan fingerprint density at radius 1 is 1.00 bits per heavy atom. The number of morpholine rings is 1. The van der Waals surface area contributed by atoms with Crippen molar-refractivity contribution in [1.82, 2.24) is 5.32 Å². The van der Waals surface area contributed by atoms with Crippen LogP contribution in [0.15, 0.2) is 24.3 Å². The molecule has 3 rings (SSSR count). The van der Waals surface area contributed by atoms with Gasteiger partial charge in [-0.3, -0.25) is 4.79 Å². The van der Waals surface area contributed by atoms with Gasteiger partial charge in [0.15, 0.2) is 0 Å². The van der Waals surface area contributed by atoms with Crippen molar-refractivity contribution in [3.8, 4) is 0 Å². The second-order valence-corrected chi connectivity index (χ2v) is 4.85. The van der Waals surface area contributed by atoms with Crippen LogP contribution in [-0.2, 0) is 9.53 Å². The first-order valence-corrected chi connectivity index (χ1v) is 6.78. The third-order valence-corrected chi connectivity index (χ3v) is 3.63. The fraction of sp³-hybridized carbons (Fsp3) is 0.500. The molecule has 1 amide bonds. The summed E-state index contributed by atoms with van der Waals surface area (Å²) in [5, 5.41) is 3.34. The van der Waals surface area contributed by atoms with E-state index in [1.165, 1.54) is 5.69 Å². The zero-order valence-electron chi connectivity index (χ0n) is 11.0. The SMILES string of the molecule is O=C1COCCN1c1ccc(N2CCNCC2)cc1. The predicted molar refractivity (Wildman–Crippen MR) is 74.7 cm³/mol. The Morgan fingerprint density at radius 3 is 2.37 bits per heavy atom. The van der Waals surface area contributed by atoms with Crippen molar-refractivity contribution in [1.29, 1.82) is 0 Å². The molecule has 0 bridgehead atoms. The van der Waals surface area contributed by atoms with Gasteiger partial charge in [0.1, 0.15) is 6.61 Å². The van der Waals surface area contributed by atoms with Crippen molar-refractivity contribution in [3.63, 3.8) is 0 Å². The molecule has 0 aliphatic carbocycles. The van der Waals surface area contributed by atoms with E-state index >= 15 is 0 Å². The van der Waals surface area contributed by atoms with Gasteiger partial charge in [0, 0.05) is 44.1 Å². The monoisotopic (exact) mass is 261 g/mol. The number of anilines is 2. The Labute approximate surface area is 113 Å². The normalized spacial score (nSPS) is 20.7. The number of benzene rings is 1. The summed E-state index contributed by atoms with van der Waals surface area (Å²) in [5.74, 6) is 0.0428. The number of ether oxygens (including phenoxy) is 1. The number of nitrogens with one attached hydrogen (secondary N) is 1. The second kappa shape index (κ2) is 5.59. The number of hydrogen-bond donors (Lipinski definition) is 1. The molecular formula is C14H19N3O2. The highest BCUT2D eigenvalue weighted by molar-refractivity contribution is 5.95. The topological polar surface area (TPSA) is 44.8 Å². The third kappa shape index (κ3) is 2.72. The molecule has 2 aliphatic heterocycles. The number of amides is 1. The maximum absolute atomic E-state index is 11.8. The van der Waals surface area contributed by atoms with Crippen molar-refractivity contribution in [2.75, 3.05) is 55.7 Å². The van der Waals surface area contributed by atoms with Gasteiger partial charge in [-0.05, 0) is 24.3 Å². The Bertz CT molecular complexity index is 441. The van der Waals surface area contributed by atoms with Crippen LogP contribution in [0.1, 0.15) is 0 Å². The molecule has 1 aromatic carbocycles. The van der Waals surface area contributed by atoms with Gasteiger partial charge in [-0.15, -0.1) is 0 Å². The van der Waals surface area contributed by atoms with Gasteiger partial charge in [0.2, 0.25) is 0 Å². The minimum atomic E-state index is 0.0428. The number of rotatable bonds is 2. The zero-order valence-corrected chi connectivity index (χ0v) is 11.0. The molecule has 5 heteroatoms. The van der Waals surface area contributed by atoms with Crippen molar-refractivity contribution >= 4 is 17.3 Å². The number of nitrogens with zero attached hydrogens (tertiary/aromatic N) is 2. The Balaban J connectivity index is 1.72. The first-order valence-electron chi connectivity index (χ1n) is 6.78. The van der Waals surface area contributed by atoms with E-state index in [2.05, 4.69) is 22.3 Å². The van der Waals surface area contributed by atoms with E-state index in [1.807, 2.05) is 12.1 Å². The lowest BCUT2D eigenvalue weighted by Crippen LogP contribution is -2.43. The molecule has 5 nitrogen and oxygen atoms in total. The first-order chi connectivity index (χ1) is 9.34. The maximum atomic E-state index is 11.8. The van der Waals surface area contributed by atoms with Crippen LogP contribution in [-0.4, -0.2) is 51.8 Å². The van der Waals surface area contributed by atoms with Crippen LogP contribution >= 0.6 is 0 Å². The standard InChI is InChI=1S/C14H19N3O2/c18-14-11-19-10-9-17(14)13-3-1-12(2-4-13)16-7-5-15-6-8-16/h1-4,15H,5-11H2. The van der Waals surface area contributed by atoms with Gasteiger partial charge in [0.25, 0.3) is 5.91 Å². The van der Waals surface area contributed by atoms with E-state index in [-0.39, 0.29) is 12.5 Å². The highest BCUT2D eigenvalue weighted by Crippen LogP contribution is 2.22. The van der Waals surface area contributed by atoms with Crippen LogP contribution in [0.3, 0.4) is 0 Å². The van der Waals surface area contributed by atoms with Gasteiger partial charge in [-0.1, -0.05) is 0 Å². The van der Waals surface area contributed by atoms with Crippen molar-refractivity contribution < 1.29 is 9.53 Å². The molecule has 2 fully saturated rings. The largest absolute Gasteiger partial charge is 0.370 e. The molecule has 1 N–H and O–H groups in total. The fourth-order valence-corrected chi connectivity index (χ4v) is 2.56. The van der Waals surface area contributed by atoms with E-state index in [4.69, 9.17) is 4.74 Å². The average molecular weight is 261 g/mol. The van der Waals surface area contributed by atoms with Crippen molar-refractivity contribution in [3.05, 3.63) is 24.3 Å². The Hall–Kier alpha value is -1.59. The smallest absolute Gasteiger partial charge is 0.253 e. The highest BCUT2D eigenvalue weighted by Gasteiger charge is 2.20. The molecule has 0 atom stereocenters. The van der Waals surface area contributed by atoms with Crippen LogP contribution in [0.25, 0.3) is 0 Å². The lowest BCUT2D eigenvalue weighted by molar-refractivity contribution is -0.125. The molecule has 0 unspecified atom stereocenters. The number of piperazine rings is 1. The molecule has 19 heavy (non-hydrogen) atoms. The number of hydrogen-bond acceptors (Lipinski definition) is 4. The summed E-state index contributed by atoms with van der Waals surface area (Å²) in [5.41, 5.74) is 2.19. The second-order valence-electron chi connectivity index (χ2n) is 4.85. The van der Waals surface area contributed by atoms with Crippen LogP contribution in [0.2, 0.25) is 0 Å². The average Bonchev–Trinajstić information content (AvgIpc) is 2.49.